The molecule has 1 aliphatic rings. The fourth-order valence-electron chi connectivity index (χ4n) is 3.45. The van der Waals surface area contributed by atoms with Crippen molar-refractivity contribution in [2.45, 2.75) is 64.7 Å². The highest BCUT2D eigenvalue weighted by Gasteiger charge is 2.40. The second-order valence-corrected chi connectivity index (χ2v) is 6.08. The predicted octanol–water partition coefficient (Wildman–Crippen LogP) is 3.92. The molecule has 1 atom stereocenters. The van der Waals surface area contributed by atoms with E-state index in [1.165, 1.54) is 16.7 Å². The maximum absolute atomic E-state index is 12.7. The lowest BCUT2D eigenvalue weighted by atomic mass is 9.69. The van der Waals surface area contributed by atoms with E-state index in [0.29, 0.717) is 25.0 Å². The predicted molar refractivity (Wildman–Crippen MR) is 81.0 cm³/mol. The number of rotatable bonds is 4. The zero-order chi connectivity index (χ0) is 14.8. The van der Waals surface area contributed by atoms with Crippen molar-refractivity contribution in [3.8, 4) is 0 Å². The molecule has 0 amide bonds. The Kier molecular flexibility index (Phi) is 4.42. The number of ketones is 2. The first-order valence-electron chi connectivity index (χ1n) is 7.62. The van der Waals surface area contributed by atoms with Gasteiger partial charge in [0.15, 0.2) is 0 Å². The topological polar surface area (TPSA) is 34.1 Å². The van der Waals surface area contributed by atoms with Gasteiger partial charge in [0.2, 0.25) is 0 Å². The fourth-order valence-corrected chi connectivity index (χ4v) is 3.45. The van der Waals surface area contributed by atoms with Gasteiger partial charge in [-0.2, -0.15) is 0 Å². The maximum Gasteiger partial charge on any atom is 0.143 e. The van der Waals surface area contributed by atoms with Crippen molar-refractivity contribution >= 4 is 11.6 Å². The molecule has 2 rings (SSSR count). The van der Waals surface area contributed by atoms with E-state index in [-0.39, 0.29) is 5.78 Å². The van der Waals surface area contributed by atoms with Gasteiger partial charge in [-0.3, -0.25) is 4.79 Å². The Bertz CT molecular complexity index is 530. The first-order valence-corrected chi connectivity index (χ1v) is 7.62. The van der Waals surface area contributed by atoms with Gasteiger partial charge in [-0.1, -0.05) is 30.7 Å². The smallest absolute Gasteiger partial charge is 0.143 e. The minimum Gasteiger partial charge on any atom is -0.300 e. The third-order valence-corrected chi connectivity index (χ3v) is 4.67. The molecular formula is C18H24O2. The average molecular weight is 272 g/mol. The van der Waals surface area contributed by atoms with Gasteiger partial charge in [0.05, 0.1) is 5.41 Å². The van der Waals surface area contributed by atoms with Crippen LogP contribution in [0.2, 0.25) is 0 Å². The number of Topliss-reactive ketones (excluding diaryl/α,β-unsaturated/α-hetero) is 2. The van der Waals surface area contributed by atoms with E-state index in [0.717, 1.165) is 19.3 Å². The van der Waals surface area contributed by atoms with Crippen LogP contribution in [0, 0.1) is 6.92 Å². The molecule has 0 bridgehead atoms. The van der Waals surface area contributed by atoms with Gasteiger partial charge < -0.3 is 4.79 Å². The minimum absolute atomic E-state index is 0.170. The van der Waals surface area contributed by atoms with E-state index in [1.54, 1.807) is 6.92 Å². The molecule has 1 aliphatic carbocycles. The van der Waals surface area contributed by atoms with E-state index in [4.69, 9.17) is 0 Å². The molecule has 0 aliphatic heterocycles. The zero-order valence-electron chi connectivity index (χ0n) is 12.8. The Morgan fingerprint density at radius 2 is 2.05 bits per heavy atom. The number of fused-ring (bicyclic) bond motifs is 1. The summed E-state index contributed by atoms with van der Waals surface area (Å²) in [4.78, 5) is 24.1. The van der Waals surface area contributed by atoms with Gasteiger partial charge >= 0.3 is 0 Å². The molecule has 1 aromatic rings. The summed E-state index contributed by atoms with van der Waals surface area (Å²) in [7, 11) is 0. The molecule has 0 fully saturated rings. The summed E-state index contributed by atoms with van der Waals surface area (Å²) in [6.45, 7) is 5.78. The van der Waals surface area contributed by atoms with Gasteiger partial charge in [-0.05, 0) is 50.7 Å². The number of benzene rings is 1. The molecule has 0 saturated carbocycles. The fraction of sp³-hybridized carbons (Fsp3) is 0.556. The molecule has 108 valence electrons. The molecule has 2 nitrogen and oxygen atoms in total. The molecular weight excluding hydrogens is 248 g/mol. The molecule has 0 saturated heterocycles. The monoisotopic (exact) mass is 272 g/mol. The summed E-state index contributed by atoms with van der Waals surface area (Å²) < 4.78 is 0. The van der Waals surface area contributed by atoms with E-state index in [9.17, 15) is 9.59 Å². The zero-order valence-corrected chi connectivity index (χ0v) is 12.8. The van der Waals surface area contributed by atoms with Crippen molar-refractivity contribution in [3.05, 3.63) is 34.9 Å². The second-order valence-electron chi connectivity index (χ2n) is 6.08. The Balaban J connectivity index is 2.51. The van der Waals surface area contributed by atoms with E-state index >= 15 is 0 Å². The van der Waals surface area contributed by atoms with Crippen LogP contribution in [0.1, 0.15) is 62.6 Å². The SMILES string of the molecule is CC[C@@]1(CCC(C)=O)C(=O)CCCc2cc(C)ccc21. The van der Waals surface area contributed by atoms with Crippen LogP contribution in [0.4, 0.5) is 0 Å². The van der Waals surface area contributed by atoms with E-state index < -0.39 is 5.41 Å². The normalized spacial score (nSPS) is 22.2. The van der Waals surface area contributed by atoms with Crippen LogP contribution in [0.3, 0.4) is 0 Å². The van der Waals surface area contributed by atoms with Crippen molar-refractivity contribution < 1.29 is 9.59 Å². The first kappa shape index (κ1) is 15.0. The van der Waals surface area contributed by atoms with Crippen LogP contribution in [-0.2, 0) is 21.4 Å². The van der Waals surface area contributed by atoms with Gasteiger partial charge in [0.25, 0.3) is 0 Å². The third kappa shape index (κ3) is 2.70. The first-order chi connectivity index (χ1) is 9.49. The van der Waals surface area contributed by atoms with Crippen LogP contribution in [-0.4, -0.2) is 11.6 Å². The summed E-state index contributed by atoms with van der Waals surface area (Å²) in [6, 6.07) is 6.43. The molecule has 20 heavy (non-hydrogen) atoms. The Morgan fingerprint density at radius 3 is 2.70 bits per heavy atom. The third-order valence-electron chi connectivity index (χ3n) is 4.67. The van der Waals surface area contributed by atoms with Crippen molar-refractivity contribution in [3.63, 3.8) is 0 Å². The molecule has 0 radical (unpaired) electrons. The number of aryl methyl sites for hydroxylation is 2. The highest BCUT2D eigenvalue weighted by atomic mass is 16.1. The van der Waals surface area contributed by atoms with Gasteiger partial charge in [0.1, 0.15) is 11.6 Å². The molecule has 0 heterocycles. The van der Waals surface area contributed by atoms with E-state index in [2.05, 4.69) is 32.0 Å². The maximum atomic E-state index is 12.7. The van der Waals surface area contributed by atoms with Crippen LogP contribution in [0.5, 0.6) is 0 Å². The number of carbonyl (C=O) groups is 2. The minimum atomic E-state index is -0.439. The van der Waals surface area contributed by atoms with Crippen molar-refractivity contribution in [1.82, 2.24) is 0 Å². The van der Waals surface area contributed by atoms with Crippen molar-refractivity contribution in [2.75, 3.05) is 0 Å². The number of carbonyl (C=O) groups excluding carboxylic acids is 2. The molecule has 2 heteroatoms. The van der Waals surface area contributed by atoms with Crippen molar-refractivity contribution in [2.24, 2.45) is 0 Å². The van der Waals surface area contributed by atoms with Crippen LogP contribution in [0.15, 0.2) is 18.2 Å². The Morgan fingerprint density at radius 1 is 1.30 bits per heavy atom. The summed E-state index contributed by atoms with van der Waals surface area (Å²) >= 11 is 0. The highest BCUT2D eigenvalue weighted by Crippen LogP contribution is 2.40. The molecule has 0 spiro atoms. The summed E-state index contributed by atoms with van der Waals surface area (Å²) in [6.07, 6.45) is 4.48. The Labute approximate surface area is 121 Å². The lowest BCUT2D eigenvalue weighted by molar-refractivity contribution is -0.125. The Hall–Kier alpha value is -1.44. The van der Waals surface area contributed by atoms with E-state index in [1.807, 2.05) is 0 Å². The van der Waals surface area contributed by atoms with Gasteiger partial charge in [0, 0.05) is 12.8 Å². The number of hydrogen-bond acceptors (Lipinski definition) is 2. The summed E-state index contributed by atoms with van der Waals surface area (Å²) in [5.41, 5.74) is 3.29. The van der Waals surface area contributed by atoms with Gasteiger partial charge in [-0.25, -0.2) is 0 Å². The standard InChI is InChI=1S/C18H24O2/c1-4-18(11-10-14(3)19)16-9-8-13(2)12-15(16)6-5-7-17(18)20/h8-9,12H,4-7,10-11H2,1-3H3/t18-/m0/s1. The molecule has 0 N–H and O–H groups in total. The molecule has 0 unspecified atom stereocenters. The van der Waals surface area contributed by atoms with Crippen molar-refractivity contribution in [1.29, 1.82) is 0 Å². The average Bonchev–Trinajstić information content (AvgIpc) is 2.53. The van der Waals surface area contributed by atoms with Crippen LogP contribution in [0.25, 0.3) is 0 Å². The van der Waals surface area contributed by atoms with Gasteiger partial charge in [-0.15, -0.1) is 0 Å². The van der Waals surface area contributed by atoms with Crippen LogP contribution < -0.4 is 0 Å². The van der Waals surface area contributed by atoms with Crippen LogP contribution >= 0.6 is 0 Å². The lowest BCUT2D eigenvalue weighted by Gasteiger charge is -2.32. The summed E-state index contributed by atoms with van der Waals surface area (Å²) in [5, 5.41) is 0. The quantitative estimate of drug-likeness (QED) is 0.779. The highest BCUT2D eigenvalue weighted by molar-refractivity contribution is 5.91. The summed E-state index contributed by atoms with van der Waals surface area (Å²) in [5.74, 6) is 0.493. The second kappa shape index (κ2) is 5.90. The molecule has 0 aromatic heterocycles. The lowest BCUT2D eigenvalue weighted by Crippen LogP contribution is -2.35. The number of hydrogen-bond donors (Lipinski definition) is 0. The largest absolute Gasteiger partial charge is 0.300 e. The molecule has 1 aromatic carbocycles.